The maximum Gasteiger partial charge on any atom is 0.0765 e. The van der Waals surface area contributed by atoms with Crippen molar-refractivity contribution in [1.82, 2.24) is 5.32 Å². The van der Waals surface area contributed by atoms with Crippen LogP contribution in [0.4, 0.5) is 5.69 Å². The molecule has 1 aromatic carbocycles. The van der Waals surface area contributed by atoms with E-state index in [-0.39, 0.29) is 0 Å². The quantitative estimate of drug-likeness (QED) is 0.811. The Bertz CT molecular complexity index is 427. The number of hydrogen-bond acceptors (Lipinski definition) is 3. The van der Waals surface area contributed by atoms with Crippen molar-refractivity contribution in [3.8, 4) is 0 Å². The van der Waals surface area contributed by atoms with E-state index >= 15 is 0 Å². The van der Waals surface area contributed by atoms with E-state index in [9.17, 15) is 5.11 Å². The van der Waals surface area contributed by atoms with Crippen LogP contribution in [0, 0.1) is 5.92 Å². The van der Waals surface area contributed by atoms with Gasteiger partial charge in [-0.1, -0.05) is 31.5 Å². The van der Waals surface area contributed by atoms with Gasteiger partial charge in [-0.15, -0.1) is 0 Å². The molecule has 0 unspecified atom stereocenters. The maximum atomic E-state index is 9.87. The third-order valence-electron chi connectivity index (χ3n) is 2.93. The van der Waals surface area contributed by atoms with Crippen LogP contribution < -0.4 is 10.2 Å². The monoisotopic (exact) mass is 298 g/mol. The normalized spacial score (nSPS) is 12.0. The Labute approximate surface area is 127 Å². The lowest BCUT2D eigenvalue weighted by atomic mass is 10.1. The highest BCUT2D eigenvalue weighted by molar-refractivity contribution is 6.33. The lowest BCUT2D eigenvalue weighted by molar-refractivity contribution is 0.0886. The summed E-state index contributed by atoms with van der Waals surface area (Å²) in [5, 5.41) is 14.0. The third kappa shape index (κ3) is 6.12. The van der Waals surface area contributed by atoms with Crippen LogP contribution in [0.3, 0.4) is 0 Å². The van der Waals surface area contributed by atoms with Crippen molar-refractivity contribution in [2.24, 2.45) is 5.92 Å². The SMILES string of the molecule is CC(C)CNCc1ccc(N(C)CC(C)(C)O)c(Cl)c1. The van der Waals surface area contributed by atoms with E-state index in [0.717, 1.165) is 23.8 Å². The van der Waals surface area contributed by atoms with Gasteiger partial charge in [0.2, 0.25) is 0 Å². The zero-order chi connectivity index (χ0) is 15.3. The molecule has 0 amide bonds. The number of halogens is 1. The van der Waals surface area contributed by atoms with Gasteiger partial charge in [0, 0.05) is 20.1 Å². The zero-order valence-electron chi connectivity index (χ0n) is 13.2. The highest BCUT2D eigenvalue weighted by atomic mass is 35.5. The second-order valence-electron chi connectivity index (χ2n) is 6.48. The van der Waals surface area contributed by atoms with Crippen molar-refractivity contribution in [3.05, 3.63) is 28.8 Å². The summed E-state index contributed by atoms with van der Waals surface area (Å²) in [6.45, 7) is 10.3. The first-order valence-electron chi connectivity index (χ1n) is 7.11. The molecular weight excluding hydrogens is 272 g/mol. The molecule has 0 aliphatic heterocycles. The van der Waals surface area contributed by atoms with Crippen LogP contribution in [0.15, 0.2) is 18.2 Å². The minimum Gasteiger partial charge on any atom is -0.389 e. The molecule has 0 bridgehead atoms. The maximum absolute atomic E-state index is 9.87. The molecule has 2 N–H and O–H groups in total. The van der Waals surface area contributed by atoms with Crippen LogP contribution in [0.25, 0.3) is 0 Å². The van der Waals surface area contributed by atoms with Crippen LogP contribution in [-0.2, 0) is 6.54 Å². The summed E-state index contributed by atoms with van der Waals surface area (Å²) in [6.07, 6.45) is 0. The largest absolute Gasteiger partial charge is 0.389 e. The second-order valence-corrected chi connectivity index (χ2v) is 6.89. The Kier molecular flexibility index (Phi) is 6.31. The summed E-state index contributed by atoms with van der Waals surface area (Å²) in [5.74, 6) is 0.641. The minimum atomic E-state index is -0.741. The average Bonchev–Trinajstić information content (AvgIpc) is 2.25. The number of anilines is 1. The number of nitrogens with one attached hydrogen (secondary N) is 1. The van der Waals surface area contributed by atoms with Gasteiger partial charge in [0.05, 0.1) is 16.3 Å². The van der Waals surface area contributed by atoms with Crippen LogP contribution in [-0.4, -0.2) is 30.8 Å². The van der Waals surface area contributed by atoms with Crippen molar-refractivity contribution in [1.29, 1.82) is 0 Å². The summed E-state index contributed by atoms with van der Waals surface area (Å²) in [4.78, 5) is 1.98. The number of nitrogens with zero attached hydrogens (tertiary/aromatic N) is 1. The Hall–Kier alpha value is -0.770. The average molecular weight is 299 g/mol. The molecule has 0 fully saturated rings. The molecule has 0 heterocycles. The standard InChI is InChI=1S/C16H27ClN2O/c1-12(2)9-18-10-13-6-7-15(14(17)8-13)19(5)11-16(3,4)20/h6-8,12,18,20H,9-11H2,1-5H3. The number of hydrogen-bond donors (Lipinski definition) is 2. The number of likely N-dealkylation sites (N-methyl/N-ethyl adjacent to an activating group) is 1. The van der Waals surface area contributed by atoms with Gasteiger partial charge in [-0.2, -0.15) is 0 Å². The summed E-state index contributed by atoms with van der Waals surface area (Å²) in [5.41, 5.74) is 1.38. The third-order valence-corrected chi connectivity index (χ3v) is 3.23. The Morgan fingerprint density at radius 3 is 2.50 bits per heavy atom. The smallest absolute Gasteiger partial charge is 0.0765 e. The van der Waals surface area contributed by atoms with Gasteiger partial charge in [-0.05, 0) is 44.0 Å². The van der Waals surface area contributed by atoms with Crippen LogP contribution in [0.1, 0.15) is 33.3 Å². The molecular formula is C16H27ClN2O. The first kappa shape index (κ1) is 17.3. The molecule has 0 saturated carbocycles. The minimum absolute atomic E-state index is 0.539. The zero-order valence-corrected chi connectivity index (χ0v) is 14.0. The van der Waals surface area contributed by atoms with Crippen LogP contribution in [0.5, 0.6) is 0 Å². The fourth-order valence-electron chi connectivity index (χ4n) is 2.14. The highest BCUT2D eigenvalue weighted by Gasteiger charge is 2.17. The van der Waals surface area contributed by atoms with Gasteiger partial charge in [0.25, 0.3) is 0 Å². The van der Waals surface area contributed by atoms with E-state index in [1.807, 2.05) is 24.1 Å². The van der Waals surface area contributed by atoms with Gasteiger partial charge in [-0.25, -0.2) is 0 Å². The molecule has 0 saturated heterocycles. The fraction of sp³-hybridized carbons (Fsp3) is 0.625. The van der Waals surface area contributed by atoms with Gasteiger partial charge < -0.3 is 15.3 Å². The molecule has 4 heteroatoms. The van der Waals surface area contributed by atoms with E-state index in [1.54, 1.807) is 13.8 Å². The van der Waals surface area contributed by atoms with E-state index in [1.165, 1.54) is 5.56 Å². The molecule has 3 nitrogen and oxygen atoms in total. The van der Waals surface area contributed by atoms with Crippen molar-refractivity contribution in [2.75, 3.05) is 25.0 Å². The second kappa shape index (κ2) is 7.30. The Balaban J connectivity index is 2.68. The molecule has 1 rings (SSSR count). The molecule has 0 aliphatic rings. The fourth-order valence-corrected chi connectivity index (χ4v) is 2.49. The first-order chi connectivity index (χ1) is 9.19. The van der Waals surface area contributed by atoms with Crippen molar-refractivity contribution in [2.45, 2.75) is 39.8 Å². The van der Waals surface area contributed by atoms with Gasteiger partial charge in [0.1, 0.15) is 0 Å². The molecule has 0 atom stereocenters. The van der Waals surface area contributed by atoms with Crippen LogP contribution >= 0.6 is 11.6 Å². The van der Waals surface area contributed by atoms with Crippen LogP contribution in [0.2, 0.25) is 5.02 Å². The summed E-state index contributed by atoms with van der Waals surface area (Å²) < 4.78 is 0. The Morgan fingerprint density at radius 1 is 1.35 bits per heavy atom. The first-order valence-corrected chi connectivity index (χ1v) is 7.49. The van der Waals surface area contributed by atoms with Gasteiger partial charge in [-0.3, -0.25) is 0 Å². The number of aliphatic hydroxyl groups is 1. The van der Waals surface area contributed by atoms with Crippen molar-refractivity contribution < 1.29 is 5.11 Å². The molecule has 0 spiro atoms. The summed E-state index contributed by atoms with van der Waals surface area (Å²) in [7, 11) is 1.94. The van der Waals surface area contributed by atoms with E-state index in [2.05, 4.69) is 25.2 Å². The van der Waals surface area contributed by atoms with E-state index in [4.69, 9.17) is 11.6 Å². The van der Waals surface area contributed by atoms with Gasteiger partial charge >= 0.3 is 0 Å². The molecule has 0 aromatic heterocycles. The summed E-state index contributed by atoms with van der Waals surface area (Å²) in [6, 6.07) is 6.08. The number of rotatable bonds is 7. The molecule has 0 radical (unpaired) electrons. The molecule has 20 heavy (non-hydrogen) atoms. The molecule has 0 aliphatic carbocycles. The van der Waals surface area contributed by atoms with E-state index in [0.29, 0.717) is 12.5 Å². The Morgan fingerprint density at radius 2 is 2.00 bits per heavy atom. The molecule has 114 valence electrons. The highest BCUT2D eigenvalue weighted by Crippen LogP contribution is 2.27. The lowest BCUT2D eigenvalue weighted by Crippen LogP contribution is -2.36. The predicted octanol–water partition coefficient (Wildman–Crippen LogP) is 3.29. The number of benzene rings is 1. The van der Waals surface area contributed by atoms with Gasteiger partial charge in [0.15, 0.2) is 0 Å². The molecule has 1 aromatic rings. The topological polar surface area (TPSA) is 35.5 Å². The predicted molar refractivity (Wildman–Crippen MR) is 87.6 cm³/mol. The van der Waals surface area contributed by atoms with Crippen molar-refractivity contribution >= 4 is 17.3 Å². The van der Waals surface area contributed by atoms with Crippen molar-refractivity contribution in [3.63, 3.8) is 0 Å². The van der Waals surface area contributed by atoms with E-state index < -0.39 is 5.60 Å². The summed E-state index contributed by atoms with van der Waals surface area (Å²) >= 11 is 6.34. The lowest BCUT2D eigenvalue weighted by Gasteiger charge is -2.28.